The van der Waals surface area contributed by atoms with E-state index in [9.17, 15) is 4.79 Å². The molecular formula is C12H13BrO2. The van der Waals surface area contributed by atoms with Crippen LogP contribution >= 0.6 is 15.9 Å². The number of Topliss-reactive ketones (excluding diaryl/α,β-unsaturated/α-hetero) is 1. The SMILES string of the molecule is O=C(COCC1CC1)c1cccc(Br)c1. The van der Waals surface area contributed by atoms with E-state index in [1.54, 1.807) is 0 Å². The van der Waals surface area contributed by atoms with Crippen LogP contribution in [0.5, 0.6) is 0 Å². The Morgan fingerprint density at radius 3 is 2.93 bits per heavy atom. The number of hydrogen-bond acceptors (Lipinski definition) is 2. The van der Waals surface area contributed by atoms with Crippen molar-refractivity contribution in [3.63, 3.8) is 0 Å². The molecule has 0 bridgehead atoms. The summed E-state index contributed by atoms with van der Waals surface area (Å²) in [6.45, 7) is 0.937. The summed E-state index contributed by atoms with van der Waals surface area (Å²) >= 11 is 3.34. The fourth-order valence-electron chi connectivity index (χ4n) is 1.35. The molecule has 3 heteroatoms. The third kappa shape index (κ3) is 3.43. The molecule has 0 saturated heterocycles. The van der Waals surface area contributed by atoms with Crippen LogP contribution in [0.2, 0.25) is 0 Å². The number of carbonyl (C=O) groups excluding carboxylic acids is 1. The van der Waals surface area contributed by atoms with Gasteiger partial charge in [-0.3, -0.25) is 4.79 Å². The molecule has 0 aromatic heterocycles. The molecule has 0 N–H and O–H groups in total. The summed E-state index contributed by atoms with van der Waals surface area (Å²) in [7, 11) is 0. The second-order valence-electron chi connectivity index (χ2n) is 3.89. The average molecular weight is 269 g/mol. The number of benzene rings is 1. The van der Waals surface area contributed by atoms with E-state index in [0.717, 1.165) is 11.1 Å². The number of carbonyl (C=O) groups is 1. The molecule has 1 aliphatic rings. The molecule has 0 unspecified atom stereocenters. The van der Waals surface area contributed by atoms with Crippen molar-refractivity contribution in [2.75, 3.05) is 13.2 Å². The molecular weight excluding hydrogens is 256 g/mol. The molecule has 80 valence electrons. The Balaban J connectivity index is 1.83. The predicted molar refractivity (Wildman–Crippen MR) is 62.0 cm³/mol. The van der Waals surface area contributed by atoms with Crippen LogP contribution in [0.1, 0.15) is 23.2 Å². The number of ether oxygens (including phenoxy) is 1. The van der Waals surface area contributed by atoms with E-state index in [0.29, 0.717) is 11.5 Å². The minimum absolute atomic E-state index is 0.0527. The van der Waals surface area contributed by atoms with Crippen LogP contribution < -0.4 is 0 Å². The molecule has 15 heavy (non-hydrogen) atoms. The molecule has 0 radical (unpaired) electrons. The summed E-state index contributed by atoms with van der Waals surface area (Å²) in [5.41, 5.74) is 0.708. The smallest absolute Gasteiger partial charge is 0.188 e. The Labute approximate surface area is 97.8 Å². The largest absolute Gasteiger partial charge is 0.373 e. The zero-order valence-corrected chi connectivity index (χ0v) is 10.00. The minimum Gasteiger partial charge on any atom is -0.373 e. The van der Waals surface area contributed by atoms with E-state index in [4.69, 9.17) is 4.74 Å². The first-order valence-corrected chi connectivity index (χ1v) is 5.91. The van der Waals surface area contributed by atoms with Gasteiger partial charge in [-0.05, 0) is 30.9 Å². The Kier molecular flexibility index (Phi) is 3.54. The van der Waals surface area contributed by atoms with Gasteiger partial charge in [0.1, 0.15) is 6.61 Å². The third-order valence-electron chi connectivity index (χ3n) is 2.43. The normalized spacial score (nSPS) is 15.3. The molecule has 1 saturated carbocycles. The van der Waals surface area contributed by atoms with Gasteiger partial charge in [-0.25, -0.2) is 0 Å². The molecule has 0 heterocycles. The molecule has 0 aliphatic heterocycles. The highest BCUT2D eigenvalue weighted by molar-refractivity contribution is 9.10. The van der Waals surface area contributed by atoms with Gasteiger partial charge in [0.25, 0.3) is 0 Å². The number of ketones is 1. The summed E-state index contributed by atoms with van der Waals surface area (Å²) in [4.78, 5) is 11.7. The van der Waals surface area contributed by atoms with Gasteiger partial charge in [-0.15, -0.1) is 0 Å². The van der Waals surface area contributed by atoms with Crippen molar-refractivity contribution < 1.29 is 9.53 Å². The van der Waals surface area contributed by atoms with Gasteiger partial charge in [-0.1, -0.05) is 28.1 Å². The van der Waals surface area contributed by atoms with Crippen LogP contribution in [0.15, 0.2) is 28.7 Å². The van der Waals surface area contributed by atoms with Gasteiger partial charge >= 0.3 is 0 Å². The minimum atomic E-state index is 0.0527. The second kappa shape index (κ2) is 4.90. The summed E-state index contributed by atoms with van der Waals surface area (Å²) in [5, 5.41) is 0. The maximum Gasteiger partial charge on any atom is 0.188 e. The lowest BCUT2D eigenvalue weighted by Crippen LogP contribution is -2.10. The van der Waals surface area contributed by atoms with Gasteiger partial charge in [0.15, 0.2) is 5.78 Å². The molecule has 2 nitrogen and oxygen atoms in total. The standard InChI is InChI=1S/C12H13BrO2/c13-11-3-1-2-10(6-11)12(14)8-15-7-9-4-5-9/h1-3,6,9H,4-5,7-8H2. The number of hydrogen-bond donors (Lipinski definition) is 0. The summed E-state index contributed by atoms with van der Waals surface area (Å²) in [5.74, 6) is 0.761. The molecule has 1 aromatic rings. The number of rotatable bonds is 5. The predicted octanol–water partition coefficient (Wildman–Crippen LogP) is 3.06. The van der Waals surface area contributed by atoms with Gasteiger partial charge in [-0.2, -0.15) is 0 Å². The lowest BCUT2D eigenvalue weighted by Gasteiger charge is -2.02. The van der Waals surface area contributed by atoms with E-state index < -0.39 is 0 Å². The summed E-state index contributed by atoms with van der Waals surface area (Å²) in [6, 6.07) is 7.40. The van der Waals surface area contributed by atoms with Gasteiger partial charge in [0, 0.05) is 10.0 Å². The molecule has 1 aliphatic carbocycles. The van der Waals surface area contributed by atoms with Gasteiger partial charge in [0.05, 0.1) is 6.61 Å². The Bertz CT molecular complexity index is 358. The van der Waals surface area contributed by atoms with Crippen molar-refractivity contribution in [1.29, 1.82) is 0 Å². The van der Waals surface area contributed by atoms with Crippen LogP contribution in [0.25, 0.3) is 0 Å². The van der Waals surface area contributed by atoms with Crippen molar-refractivity contribution in [1.82, 2.24) is 0 Å². The number of halogens is 1. The zero-order chi connectivity index (χ0) is 10.7. The lowest BCUT2D eigenvalue weighted by molar-refractivity contribution is 0.0740. The average Bonchev–Trinajstić information content (AvgIpc) is 3.01. The van der Waals surface area contributed by atoms with Crippen LogP contribution in [0.3, 0.4) is 0 Å². The summed E-state index contributed by atoms with van der Waals surface area (Å²) in [6.07, 6.45) is 2.51. The highest BCUT2D eigenvalue weighted by atomic mass is 79.9. The molecule has 0 atom stereocenters. The Morgan fingerprint density at radius 2 is 2.27 bits per heavy atom. The fraction of sp³-hybridized carbons (Fsp3) is 0.417. The van der Waals surface area contributed by atoms with Crippen molar-refractivity contribution in [3.05, 3.63) is 34.3 Å². The quantitative estimate of drug-likeness (QED) is 0.768. The van der Waals surface area contributed by atoms with E-state index in [2.05, 4.69) is 15.9 Å². The van der Waals surface area contributed by atoms with Crippen molar-refractivity contribution in [3.8, 4) is 0 Å². The van der Waals surface area contributed by atoms with E-state index in [-0.39, 0.29) is 12.4 Å². The van der Waals surface area contributed by atoms with Crippen LogP contribution in [0, 0.1) is 5.92 Å². The summed E-state index contributed by atoms with van der Waals surface area (Å²) < 4.78 is 6.28. The topological polar surface area (TPSA) is 26.3 Å². The Morgan fingerprint density at radius 1 is 1.47 bits per heavy atom. The van der Waals surface area contributed by atoms with Gasteiger partial charge < -0.3 is 4.74 Å². The van der Waals surface area contributed by atoms with E-state index in [1.165, 1.54) is 12.8 Å². The van der Waals surface area contributed by atoms with Crippen LogP contribution in [-0.2, 0) is 4.74 Å². The first-order chi connectivity index (χ1) is 7.25. The third-order valence-corrected chi connectivity index (χ3v) is 2.92. The maximum absolute atomic E-state index is 11.7. The highest BCUT2D eigenvalue weighted by Crippen LogP contribution is 2.28. The van der Waals surface area contributed by atoms with Gasteiger partial charge in [0.2, 0.25) is 0 Å². The first-order valence-electron chi connectivity index (χ1n) is 5.12. The van der Waals surface area contributed by atoms with Crippen LogP contribution in [0.4, 0.5) is 0 Å². The first kappa shape index (κ1) is 10.8. The van der Waals surface area contributed by atoms with Crippen molar-refractivity contribution >= 4 is 21.7 Å². The second-order valence-corrected chi connectivity index (χ2v) is 4.81. The molecule has 2 rings (SSSR count). The Hall–Kier alpha value is -0.670. The van der Waals surface area contributed by atoms with E-state index in [1.807, 2.05) is 24.3 Å². The molecule has 0 amide bonds. The monoisotopic (exact) mass is 268 g/mol. The highest BCUT2D eigenvalue weighted by Gasteiger charge is 2.21. The maximum atomic E-state index is 11.7. The molecule has 1 aromatic carbocycles. The lowest BCUT2D eigenvalue weighted by atomic mass is 10.1. The van der Waals surface area contributed by atoms with Crippen molar-refractivity contribution in [2.45, 2.75) is 12.8 Å². The fourth-order valence-corrected chi connectivity index (χ4v) is 1.75. The van der Waals surface area contributed by atoms with Crippen LogP contribution in [-0.4, -0.2) is 19.0 Å². The molecule has 0 spiro atoms. The van der Waals surface area contributed by atoms with E-state index >= 15 is 0 Å². The molecule has 1 fully saturated rings. The zero-order valence-electron chi connectivity index (χ0n) is 8.41. The van der Waals surface area contributed by atoms with Crippen molar-refractivity contribution in [2.24, 2.45) is 5.92 Å².